The van der Waals surface area contributed by atoms with Crippen LogP contribution in [0.3, 0.4) is 0 Å². The maximum atomic E-state index is 14.1. The van der Waals surface area contributed by atoms with E-state index in [-0.39, 0.29) is 5.82 Å². The number of hydrogen-bond donors (Lipinski definition) is 1. The van der Waals surface area contributed by atoms with Crippen LogP contribution in [0.15, 0.2) is 48.5 Å². The molecule has 0 heterocycles. The van der Waals surface area contributed by atoms with Gasteiger partial charge in [0.2, 0.25) is 0 Å². The van der Waals surface area contributed by atoms with E-state index in [1.807, 2.05) is 37.3 Å². The van der Waals surface area contributed by atoms with Crippen LogP contribution >= 0.6 is 11.6 Å². The van der Waals surface area contributed by atoms with E-state index < -0.39 is 5.54 Å². The van der Waals surface area contributed by atoms with Crippen molar-refractivity contribution >= 4 is 11.6 Å². The zero-order valence-corrected chi connectivity index (χ0v) is 10.9. The Kier molecular flexibility index (Phi) is 3.69. The predicted molar refractivity (Wildman–Crippen MR) is 73.1 cm³/mol. The van der Waals surface area contributed by atoms with Crippen LogP contribution in [0.25, 0.3) is 0 Å². The Morgan fingerprint density at radius 3 is 2.33 bits per heavy atom. The van der Waals surface area contributed by atoms with Crippen LogP contribution in [0, 0.1) is 5.82 Å². The van der Waals surface area contributed by atoms with Crippen LogP contribution in [-0.2, 0) is 5.54 Å². The molecule has 94 valence electrons. The fraction of sp³-hybridized carbons (Fsp3) is 0.200. The van der Waals surface area contributed by atoms with Crippen LogP contribution in [0.2, 0.25) is 5.02 Å². The van der Waals surface area contributed by atoms with Crippen molar-refractivity contribution < 1.29 is 4.39 Å². The highest BCUT2D eigenvalue weighted by molar-refractivity contribution is 6.31. The van der Waals surface area contributed by atoms with Crippen molar-refractivity contribution in [3.05, 3.63) is 70.5 Å². The van der Waals surface area contributed by atoms with Crippen LogP contribution < -0.4 is 5.73 Å². The van der Waals surface area contributed by atoms with Gasteiger partial charge in [-0.1, -0.05) is 54.9 Å². The van der Waals surface area contributed by atoms with Gasteiger partial charge in [-0.3, -0.25) is 0 Å². The lowest BCUT2D eigenvalue weighted by Gasteiger charge is -2.30. The highest BCUT2D eigenvalue weighted by Gasteiger charge is 2.32. The quantitative estimate of drug-likeness (QED) is 0.887. The van der Waals surface area contributed by atoms with Gasteiger partial charge in [-0.05, 0) is 24.1 Å². The summed E-state index contributed by atoms with van der Waals surface area (Å²) in [6.07, 6.45) is 0.567. The average molecular weight is 264 g/mol. The van der Waals surface area contributed by atoms with Gasteiger partial charge in [-0.2, -0.15) is 0 Å². The number of rotatable bonds is 3. The summed E-state index contributed by atoms with van der Waals surface area (Å²) < 4.78 is 14.1. The van der Waals surface area contributed by atoms with E-state index in [0.717, 1.165) is 5.56 Å². The molecule has 0 aliphatic rings. The van der Waals surface area contributed by atoms with Crippen molar-refractivity contribution in [2.24, 2.45) is 5.73 Å². The Labute approximate surface area is 111 Å². The third-order valence-electron chi connectivity index (χ3n) is 3.26. The zero-order valence-electron chi connectivity index (χ0n) is 10.2. The smallest absolute Gasteiger partial charge is 0.130 e. The zero-order chi connectivity index (χ0) is 13.2. The Morgan fingerprint density at radius 1 is 1.11 bits per heavy atom. The van der Waals surface area contributed by atoms with Crippen molar-refractivity contribution in [2.45, 2.75) is 18.9 Å². The van der Waals surface area contributed by atoms with Crippen LogP contribution in [0.4, 0.5) is 4.39 Å². The van der Waals surface area contributed by atoms with Crippen molar-refractivity contribution in [3.63, 3.8) is 0 Å². The average Bonchev–Trinajstić information content (AvgIpc) is 2.39. The van der Waals surface area contributed by atoms with E-state index in [2.05, 4.69) is 0 Å². The summed E-state index contributed by atoms with van der Waals surface area (Å²) in [4.78, 5) is 0. The van der Waals surface area contributed by atoms with Gasteiger partial charge in [-0.15, -0.1) is 0 Å². The first-order chi connectivity index (χ1) is 8.59. The maximum absolute atomic E-state index is 14.1. The Balaban J connectivity index is 2.65. The van der Waals surface area contributed by atoms with Crippen molar-refractivity contribution in [3.8, 4) is 0 Å². The molecule has 0 saturated carbocycles. The molecule has 1 unspecified atom stereocenters. The first-order valence-corrected chi connectivity index (χ1v) is 6.26. The molecule has 2 aromatic rings. The first kappa shape index (κ1) is 13.1. The lowest BCUT2D eigenvalue weighted by Crippen LogP contribution is -2.38. The Morgan fingerprint density at radius 2 is 1.78 bits per heavy atom. The molecule has 0 fully saturated rings. The second-order valence-electron chi connectivity index (χ2n) is 4.29. The Hall–Kier alpha value is -1.38. The largest absolute Gasteiger partial charge is 0.318 e. The van der Waals surface area contributed by atoms with Crippen molar-refractivity contribution in [1.29, 1.82) is 0 Å². The topological polar surface area (TPSA) is 26.0 Å². The highest BCUT2D eigenvalue weighted by Crippen LogP contribution is 2.36. The lowest BCUT2D eigenvalue weighted by molar-refractivity contribution is 0.480. The monoisotopic (exact) mass is 263 g/mol. The molecule has 2 aromatic carbocycles. The van der Waals surface area contributed by atoms with Crippen LogP contribution in [-0.4, -0.2) is 0 Å². The molecular weight excluding hydrogens is 249 g/mol. The molecule has 2 rings (SSSR count). The van der Waals surface area contributed by atoms with Crippen molar-refractivity contribution in [1.82, 2.24) is 0 Å². The SMILES string of the molecule is CCC(N)(c1ccccc1)c1c(F)cccc1Cl. The third-order valence-corrected chi connectivity index (χ3v) is 3.57. The number of halogens is 2. The van der Waals surface area contributed by atoms with Gasteiger partial charge in [0.25, 0.3) is 0 Å². The summed E-state index contributed by atoms with van der Waals surface area (Å²) >= 11 is 6.12. The van der Waals surface area contributed by atoms with Crippen LogP contribution in [0.5, 0.6) is 0 Å². The molecule has 3 heteroatoms. The number of hydrogen-bond acceptors (Lipinski definition) is 1. The molecule has 1 atom stereocenters. The van der Waals surface area contributed by atoms with E-state index in [9.17, 15) is 4.39 Å². The minimum atomic E-state index is -0.899. The molecule has 2 N–H and O–H groups in total. The molecule has 0 spiro atoms. The summed E-state index contributed by atoms with van der Waals surface area (Å²) in [5.74, 6) is -0.365. The van der Waals surface area contributed by atoms with Gasteiger partial charge < -0.3 is 5.73 Å². The maximum Gasteiger partial charge on any atom is 0.130 e. The molecule has 0 bridgehead atoms. The second kappa shape index (κ2) is 5.09. The summed E-state index contributed by atoms with van der Waals surface area (Å²) in [6, 6.07) is 14.1. The number of benzene rings is 2. The lowest BCUT2D eigenvalue weighted by atomic mass is 9.81. The van der Waals surface area contributed by atoms with E-state index in [1.54, 1.807) is 12.1 Å². The summed E-state index contributed by atoms with van der Waals surface area (Å²) in [5, 5.41) is 0.364. The fourth-order valence-electron chi connectivity index (χ4n) is 2.18. The van der Waals surface area contributed by atoms with Gasteiger partial charge in [0.05, 0.1) is 5.54 Å². The van der Waals surface area contributed by atoms with Crippen molar-refractivity contribution in [2.75, 3.05) is 0 Å². The van der Waals surface area contributed by atoms with Gasteiger partial charge in [0, 0.05) is 10.6 Å². The molecular formula is C15H15ClFN. The minimum absolute atomic E-state index is 0.361. The van der Waals surface area contributed by atoms with E-state index in [4.69, 9.17) is 17.3 Å². The molecule has 0 amide bonds. The van der Waals surface area contributed by atoms with Crippen LogP contribution in [0.1, 0.15) is 24.5 Å². The Bertz CT molecular complexity index is 521. The summed E-state index contributed by atoms with van der Waals surface area (Å²) in [6.45, 7) is 1.93. The molecule has 18 heavy (non-hydrogen) atoms. The van der Waals surface area contributed by atoms with Gasteiger partial charge in [0.1, 0.15) is 5.82 Å². The summed E-state index contributed by atoms with van der Waals surface area (Å²) in [5.41, 5.74) is 6.74. The standard InChI is InChI=1S/C15H15ClFN/c1-2-15(18,11-7-4-3-5-8-11)14-12(16)9-6-10-13(14)17/h3-10H,2,18H2,1H3. The molecule has 1 nitrogen and oxygen atoms in total. The van der Waals surface area contributed by atoms with E-state index >= 15 is 0 Å². The molecule has 0 saturated heterocycles. The van der Waals surface area contributed by atoms with E-state index in [0.29, 0.717) is 17.0 Å². The summed E-state index contributed by atoms with van der Waals surface area (Å²) in [7, 11) is 0. The molecule has 0 aliphatic carbocycles. The van der Waals surface area contributed by atoms with Gasteiger partial charge in [0.15, 0.2) is 0 Å². The molecule has 0 radical (unpaired) electrons. The number of nitrogens with two attached hydrogens (primary N) is 1. The van der Waals surface area contributed by atoms with Gasteiger partial charge in [-0.25, -0.2) is 4.39 Å². The van der Waals surface area contributed by atoms with E-state index in [1.165, 1.54) is 6.07 Å². The van der Waals surface area contributed by atoms with Gasteiger partial charge >= 0.3 is 0 Å². The third kappa shape index (κ3) is 2.14. The molecule has 0 aromatic heterocycles. The minimum Gasteiger partial charge on any atom is -0.318 e. The second-order valence-corrected chi connectivity index (χ2v) is 4.69. The predicted octanol–water partition coefficient (Wildman–Crippen LogP) is 4.09. The fourth-order valence-corrected chi connectivity index (χ4v) is 2.52. The highest BCUT2D eigenvalue weighted by atomic mass is 35.5. The normalized spacial score (nSPS) is 14.2. The first-order valence-electron chi connectivity index (χ1n) is 5.88. The molecule has 0 aliphatic heterocycles.